The Hall–Kier alpha value is -1.14. The number of ether oxygens (including phenoxy) is 1. The van der Waals surface area contributed by atoms with Gasteiger partial charge in [0.25, 0.3) is 0 Å². The minimum absolute atomic E-state index is 0.148. The Morgan fingerprint density at radius 1 is 1.43 bits per heavy atom. The van der Waals surface area contributed by atoms with Crippen molar-refractivity contribution in [3.05, 3.63) is 45.5 Å². The number of aryl methyl sites for hydroxylation is 2. The van der Waals surface area contributed by atoms with Crippen molar-refractivity contribution in [3.63, 3.8) is 0 Å². The van der Waals surface area contributed by atoms with E-state index in [1.165, 1.54) is 4.88 Å². The monoisotopic (exact) mass is 309 g/mol. The van der Waals surface area contributed by atoms with Gasteiger partial charge in [-0.3, -0.25) is 0 Å². The Labute approximate surface area is 129 Å². The summed E-state index contributed by atoms with van der Waals surface area (Å²) < 4.78 is 11.0. The van der Waals surface area contributed by atoms with E-state index < -0.39 is 6.10 Å². The topological polar surface area (TPSA) is 54.6 Å². The highest BCUT2D eigenvalue weighted by Gasteiger charge is 2.14. The molecule has 0 spiro atoms. The lowest BCUT2D eigenvalue weighted by molar-refractivity contribution is 0.0288. The van der Waals surface area contributed by atoms with Gasteiger partial charge in [0.05, 0.1) is 19.3 Å². The van der Waals surface area contributed by atoms with E-state index in [2.05, 4.69) is 12.2 Å². The minimum atomic E-state index is -0.513. The largest absolute Gasteiger partial charge is 0.466 e. The van der Waals surface area contributed by atoms with Gasteiger partial charge in [0.2, 0.25) is 0 Å². The van der Waals surface area contributed by atoms with E-state index in [4.69, 9.17) is 9.15 Å². The lowest BCUT2D eigenvalue weighted by atomic mass is 10.1. The predicted molar refractivity (Wildman–Crippen MR) is 84.6 cm³/mol. The summed E-state index contributed by atoms with van der Waals surface area (Å²) in [7, 11) is 0. The van der Waals surface area contributed by atoms with E-state index in [0.29, 0.717) is 19.8 Å². The summed E-state index contributed by atoms with van der Waals surface area (Å²) in [6.07, 6.45) is -0.513. The van der Waals surface area contributed by atoms with Gasteiger partial charge in [-0.05, 0) is 38.3 Å². The number of hydrogen-bond acceptors (Lipinski definition) is 5. The van der Waals surface area contributed by atoms with E-state index >= 15 is 0 Å². The molecule has 2 aromatic heterocycles. The van der Waals surface area contributed by atoms with Crippen LogP contribution in [0.2, 0.25) is 0 Å². The molecule has 0 aromatic carbocycles. The van der Waals surface area contributed by atoms with Crippen LogP contribution in [0.3, 0.4) is 0 Å². The zero-order valence-electron chi connectivity index (χ0n) is 12.8. The van der Waals surface area contributed by atoms with Crippen molar-refractivity contribution in [2.75, 3.05) is 13.2 Å². The maximum atomic E-state index is 9.94. The maximum absolute atomic E-state index is 9.94. The van der Waals surface area contributed by atoms with Gasteiger partial charge in [-0.2, -0.15) is 0 Å². The molecule has 21 heavy (non-hydrogen) atoms. The molecule has 2 aromatic rings. The van der Waals surface area contributed by atoms with Crippen LogP contribution in [0, 0.1) is 13.8 Å². The third-order valence-electron chi connectivity index (χ3n) is 3.34. The molecule has 2 heterocycles. The van der Waals surface area contributed by atoms with Crippen molar-refractivity contribution in [3.8, 4) is 0 Å². The SMILES string of the molecule is Cc1cc(C(C)NCC(O)COCc2cccs2)c(C)o1. The molecule has 0 radical (unpaired) electrons. The molecule has 2 unspecified atom stereocenters. The zero-order chi connectivity index (χ0) is 15.2. The van der Waals surface area contributed by atoms with Gasteiger partial charge in [-0.1, -0.05) is 6.07 Å². The molecule has 4 nitrogen and oxygen atoms in total. The fraction of sp³-hybridized carbons (Fsp3) is 0.500. The predicted octanol–water partition coefficient (Wildman–Crippen LogP) is 3.19. The average molecular weight is 309 g/mol. The summed E-state index contributed by atoms with van der Waals surface area (Å²) in [4.78, 5) is 1.17. The first-order valence-corrected chi connectivity index (χ1v) is 8.02. The van der Waals surface area contributed by atoms with Crippen molar-refractivity contribution < 1.29 is 14.3 Å². The fourth-order valence-electron chi connectivity index (χ4n) is 2.25. The number of aliphatic hydroxyl groups excluding tert-OH is 1. The van der Waals surface area contributed by atoms with E-state index in [1.807, 2.05) is 37.4 Å². The third-order valence-corrected chi connectivity index (χ3v) is 4.19. The van der Waals surface area contributed by atoms with Crippen molar-refractivity contribution in [2.24, 2.45) is 0 Å². The number of hydrogen-bond donors (Lipinski definition) is 2. The van der Waals surface area contributed by atoms with Crippen LogP contribution < -0.4 is 5.32 Å². The zero-order valence-corrected chi connectivity index (χ0v) is 13.6. The van der Waals surface area contributed by atoms with Crippen LogP contribution in [-0.2, 0) is 11.3 Å². The van der Waals surface area contributed by atoms with Crippen molar-refractivity contribution in [1.29, 1.82) is 0 Å². The van der Waals surface area contributed by atoms with Crippen molar-refractivity contribution in [1.82, 2.24) is 5.32 Å². The second kappa shape index (κ2) is 7.75. The number of furan rings is 1. The molecule has 2 rings (SSSR count). The van der Waals surface area contributed by atoms with Gasteiger partial charge in [0, 0.05) is 23.0 Å². The van der Waals surface area contributed by atoms with E-state index in [9.17, 15) is 5.11 Å². The molecule has 0 aliphatic rings. The molecule has 5 heteroatoms. The highest BCUT2D eigenvalue weighted by Crippen LogP contribution is 2.21. The Morgan fingerprint density at radius 2 is 2.24 bits per heavy atom. The maximum Gasteiger partial charge on any atom is 0.105 e. The molecule has 0 saturated carbocycles. The van der Waals surface area contributed by atoms with Crippen LogP contribution in [0.15, 0.2) is 28.0 Å². The van der Waals surface area contributed by atoms with Gasteiger partial charge in [-0.25, -0.2) is 0 Å². The smallest absolute Gasteiger partial charge is 0.105 e. The van der Waals surface area contributed by atoms with Crippen LogP contribution in [0.1, 0.15) is 34.9 Å². The summed E-state index contributed by atoms with van der Waals surface area (Å²) >= 11 is 1.66. The van der Waals surface area contributed by atoms with E-state index in [0.717, 1.165) is 17.1 Å². The van der Waals surface area contributed by atoms with Crippen molar-refractivity contribution >= 4 is 11.3 Å². The van der Waals surface area contributed by atoms with Crippen LogP contribution >= 0.6 is 11.3 Å². The normalized spacial score (nSPS) is 14.3. The molecule has 0 aliphatic carbocycles. The molecule has 0 fully saturated rings. The standard InChI is InChI=1S/C16H23NO3S/c1-11-7-16(13(3)20-11)12(2)17-8-14(18)9-19-10-15-5-4-6-21-15/h4-7,12,14,17-18H,8-10H2,1-3H3. The van der Waals surface area contributed by atoms with Gasteiger partial charge < -0.3 is 19.6 Å². The van der Waals surface area contributed by atoms with Crippen molar-refractivity contribution in [2.45, 2.75) is 39.5 Å². The summed E-state index contributed by atoms with van der Waals surface area (Å²) in [5, 5.41) is 15.3. The minimum Gasteiger partial charge on any atom is -0.466 e. The van der Waals surface area contributed by atoms with Crippen LogP contribution in [0.5, 0.6) is 0 Å². The van der Waals surface area contributed by atoms with E-state index in [-0.39, 0.29) is 6.04 Å². The number of nitrogens with one attached hydrogen (secondary N) is 1. The number of thiophene rings is 1. The lowest BCUT2D eigenvalue weighted by Gasteiger charge is -2.17. The molecule has 0 bridgehead atoms. The lowest BCUT2D eigenvalue weighted by Crippen LogP contribution is -2.32. The first-order chi connectivity index (χ1) is 10.1. The first-order valence-electron chi connectivity index (χ1n) is 7.14. The van der Waals surface area contributed by atoms with Crippen LogP contribution in [-0.4, -0.2) is 24.4 Å². The van der Waals surface area contributed by atoms with Gasteiger partial charge in [-0.15, -0.1) is 11.3 Å². The van der Waals surface area contributed by atoms with Crippen LogP contribution in [0.25, 0.3) is 0 Å². The molecule has 2 atom stereocenters. The molecule has 0 saturated heterocycles. The van der Waals surface area contributed by atoms with Gasteiger partial charge in [0.15, 0.2) is 0 Å². The summed E-state index contributed by atoms with van der Waals surface area (Å²) in [6, 6.07) is 6.21. The fourth-order valence-corrected chi connectivity index (χ4v) is 2.89. The second-order valence-electron chi connectivity index (χ2n) is 5.25. The second-order valence-corrected chi connectivity index (χ2v) is 6.28. The van der Waals surface area contributed by atoms with E-state index in [1.54, 1.807) is 11.3 Å². The average Bonchev–Trinajstić information content (AvgIpc) is 3.06. The molecule has 0 aliphatic heterocycles. The molecular formula is C16H23NO3S. The summed E-state index contributed by atoms with van der Waals surface area (Å²) in [5.41, 5.74) is 1.14. The summed E-state index contributed by atoms with van der Waals surface area (Å²) in [5.74, 6) is 1.84. The number of rotatable bonds is 8. The molecule has 2 N–H and O–H groups in total. The van der Waals surface area contributed by atoms with Crippen LogP contribution in [0.4, 0.5) is 0 Å². The molecule has 116 valence electrons. The van der Waals surface area contributed by atoms with Gasteiger partial charge >= 0.3 is 0 Å². The Kier molecular flexibility index (Phi) is 5.99. The number of aliphatic hydroxyl groups is 1. The Bertz CT molecular complexity index is 536. The first kappa shape index (κ1) is 16.2. The Morgan fingerprint density at radius 3 is 2.86 bits per heavy atom. The highest BCUT2D eigenvalue weighted by molar-refractivity contribution is 7.09. The third kappa shape index (κ3) is 4.97. The van der Waals surface area contributed by atoms with Gasteiger partial charge in [0.1, 0.15) is 11.5 Å². The quantitative estimate of drug-likeness (QED) is 0.786. The molecular weight excluding hydrogens is 286 g/mol. The highest BCUT2D eigenvalue weighted by atomic mass is 32.1. The Balaban J connectivity index is 1.68. The molecule has 0 amide bonds. The summed E-state index contributed by atoms with van der Waals surface area (Å²) in [6.45, 7) is 7.36.